The summed E-state index contributed by atoms with van der Waals surface area (Å²) in [5, 5.41) is 25.1. The van der Waals surface area contributed by atoms with E-state index in [0.29, 0.717) is 10.9 Å². The molecule has 0 aliphatic rings. The number of nitrogens with one attached hydrogen (secondary N) is 1. The number of amides is 1. The Morgan fingerprint density at radius 3 is 2.46 bits per heavy atom. The fourth-order valence-corrected chi connectivity index (χ4v) is 5.34. The molecule has 184 valence electrons. The number of fused-ring (bicyclic) bond motifs is 2. The predicted molar refractivity (Wildman–Crippen MR) is 129 cm³/mol. The number of phenolic OH excluding ortho intramolecular Hbond substituents is 1. The first-order valence-corrected chi connectivity index (χ1v) is 12.7. The molecule has 11 heteroatoms. The molecule has 0 spiro atoms. The van der Waals surface area contributed by atoms with E-state index < -0.39 is 13.5 Å². The zero-order valence-electron chi connectivity index (χ0n) is 19.2. The molecule has 0 saturated carbocycles. The minimum atomic E-state index is -3.56. The van der Waals surface area contributed by atoms with Crippen molar-refractivity contribution in [1.82, 2.24) is 14.9 Å². The Kier molecular flexibility index (Phi) is 7.07. The molecule has 0 radical (unpaired) electrons. The summed E-state index contributed by atoms with van der Waals surface area (Å²) >= 11 is 0. The zero-order chi connectivity index (χ0) is 25.2. The lowest BCUT2D eigenvalue weighted by atomic mass is 10.0. The van der Waals surface area contributed by atoms with E-state index in [0.717, 1.165) is 0 Å². The molecule has 2 heterocycles. The van der Waals surface area contributed by atoms with E-state index in [1.54, 1.807) is 38.1 Å². The van der Waals surface area contributed by atoms with Gasteiger partial charge in [-0.3, -0.25) is 14.3 Å². The summed E-state index contributed by atoms with van der Waals surface area (Å²) in [6.45, 7) is 3.79. The first-order valence-electron chi connectivity index (χ1n) is 11.0. The highest BCUT2D eigenvalue weighted by atomic mass is 31.2. The average Bonchev–Trinajstić information content (AvgIpc) is 3.15. The standard InChI is InChI=1S/C24H25FN3O6P/c1-3-33-35(32,34-4-2)14-27-23(30)19-17-6-5-11-26-21(17)22(29)20-18(19)13-28(24(20)31)12-15-7-9-16(25)10-8-15/h5-11,13,29,31H,3-4,12,14H2,1-2H3,(H,27,30). The van der Waals surface area contributed by atoms with Crippen molar-refractivity contribution in [2.75, 3.05) is 19.5 Å². The van der Waals surface area contributed by atoms with Crippen LogP contribution < -0.4 is 5.32 Å². The summed E-state index contributed by atoms with van der Waals surface area (Å²) in [7, 11) is -3.56. The second kappa shape index (κ2) is 10.0. The summed E-state index contributed by atoms with van der Waals surface area (Å²) in [6, 6.07) is 8.99. The third-order valence-electron chi connectivity index (χ3n) is 5.44. The Balaban J connectivity index is 1.81. The van der Waals surface area contributed by atoms with E-state index in [2.05, 4.69) is 10.3 Å². The normalized spacial score (nSPS) is 11.9. The summed E-state index contributed by atoms with van der Waals surface area (Å²) in [6.07, 6.45) is 2.63. The Labute approximate surface area is 200 Å². The summed E-state index contributed by atoms with van der Waals surface area (Å²) < 4.78 is 38.1. The highest BCUT2D eigenvalue weighted by Gasteiger charge is 2.28. The smallest absolute Gasteiger partial charge is 0.349 e. The zero-order valence-corrected chi connectivity index (χ0v) is 20.1. The van der Waals surface area contributed by atoms with Gasteiger partial charge in [0.15, 0.2) is 5.75 Å². The van der Waals surface area contributed by atoms with E-state index in [1.165, 1.54) is 29.1 Å². The monoisotopic (exact) mass is 501 g/mol. The number of aromatic hydroxyl groups is 2. The van der Waals surface area contributed by atoms with E-state index in [9.17, 15) is 24.0 Å². The molecule has 0 aliphatic carbocycles. The largest absolute Gasteiger partial charge is 0.505 e. The van der Waals surface area contributed by atoms with Crippen LogP contribution >= 0.6 is 7.60 Å². The Morgan fingerprint density at radius 2 is 1.80 bits per heavy atom. The van der Waals surface area contributed by atoms with Crippen molar-refractivity contribution < 1.29 is 33.0 Å². The Bertz CT molecular complexity index is 1430. The average molecular weight is 501 g/mol. The quantitative estimate of drug-likeness (QED) is 0.283. The lowest BCUT2D eigenvalue weighted by Gasteiger charge is -2.18. The molecule has 2 aromatic carbocycles. The van der Waals surface area contributed by atoms with Gasteiger partial charge in [-0.05, 0) is 37.6 Å². The first-order chi connectivity index (χ1) is 16.8. The molecule has 3 N–H and O–H groups in total. The SMILES string of the molecule is CCOP(=O)(CNC(=O)c1c2cccnc2c(O)c2c(O)n(Cc3ccc(F)cc3)cc12)OCC. The van der Waals surface area contributed by atoms with Crippen molar-refractivity contribution in [3.63, 3.8) is 0 Å². The fraction of sp³-hybridized carbons (Fsp3) is 0.250. The number of carbonyl (C=O) groups is 1. The van der Waals surface area contributed by atoms with Crippen LogP contribution in [0.4, 0.5) is 4.39 Å². The number of pyridine rings is 1. The number of carbonyl (C=O) groups excluding carboxylic acids is 1. The number of rotatable bonds is 9. The molecule has 0 bridgehead atoms. The lowest BCUT2D eigenvalue weighted by molar-refractivity contribution is 0.0957. The number of hydrogen-bond donors (Lipinski definition) is 3. The molecule has 9 nitrogen and oxygen atoms in total. The van der Waals surface area contributed by atoms with Crippen molar-refractivity contribution >= 4 is 35.2 Å². The van der Waals surface area contributed by atoms with Gasteiger partial charge in [-0.15, -0.1) is 0 Å². The highest BCUT2D eigenvalue weighted by molar-refractivity contribution is 7.53. The number of nitrogens with zero attached hydrogens (tertiary/aromatic N) is 2. The molecular formula is C24H25FN3O6P. The number of benzene rings is 2. The van der Waals surface area contributed by atoms with Crippen LogP contribution in [0, 0.1) is 5.82 Å². The van der Waals surface area contributed by atoms with Gasteiger partial charge in [0, 0.05) is 23.2 Å². The maximum Gasteiger partial charge on any atom is 0.349 e. The molecular weight excluding hydrogens is 476 g/mol. The Morgan fingerprint density at radius 1 is 1.11 bits per heavy atom. The second-order valence-corrected chi connectivity index (χ2v) is 9.78. The molecule has 0 saturated heterocycles. The van der Waals surface area contributed by atoms with Gasteiger partial charge < -0.3 is 29.1 Å². The van der Waals surface area contributed by atoms with Crippen LogP contribution in [0.25, 0.3) is 21.7 Å². The van der Waals surface area contributed by atoms with Crippen LogP contribution in [0.15, 0.2) is 48.8 Å². The minimum absolute atomic E-state index is 0.0428. The van der Waals surface area contributed by atoms with Gasteiger partial charge in [0.1, 0.15) is 17.6 Å². The van der Waals surface area contributed by atoms with Crippen molar-refractivity contribution in [2.24, 2.45) is 0 Å². The van der Waals surface area contributed by atoms with Gasteiger partial charge in [-0.2, -0.15) is 0 Å². The summed E-state index contributed by atoms with van der Waals surface area (Å²) in [5.41, 5.74) is 0.955. The fourth-order valence-electron chi connectivity index (χ4n) is 3.96. The van der Waals surface area contributed by atoms with Gasteiger partial charge in [-0.25, -0.2) is 4.39 Å². The molecule has 1 amide bonds. The highest BCUT2D eigenvalue weighted by Crippen LogP contribution is 2.47. The molecule has 2 aromatic heterocycles. The molecule has 4 aromatic rings. The number of aromatic nitrogens is 2. The Hall–Kier alpha value is -3.46. The summed E-state index contributed by atoms with van der Waals surface area (Å²) in [4.78, 5) is 17.6. The van der Waals surface area contributed by atoms with Crippen LogP contribution in [0.5, 0.6) is 11.6 Å². The van der Waals surface area contributed by atoms with Crippen molar-refractivity contribution in [3.05, 3.63) is 65.7 Å². The molecule has 4 rings (SSSR count). The van der Waals surface area contributed by atoms with Crippen molar-refractivity contribution in [1.29, 1.82) is 0 Å². The first kappa shape index (κ1) is 24.7. The molecule has 0 unspecified atom stereocenters. The number of hydrogen-bond acceptors (Lipinski definition) is 7. The van der Waals surface area contributed by atoms with Gasteiger partial charge in [0.2, 0.25) is 5.88 Å². The minimum Gasteiger partial charge on any atom is -0.505 e. The van der Waals surface area contributed by atoms with Crippen molar-refractivity contribution in [2.45, 2.75) is 20.4 Å². The van der Waals surface area contributed by atoms with Gasteiger partial charge in [-0.1, -0.05) is 18.2 Å². The van der Waals surface area contributed by atoms with Gasteiger partial charge in [0.25, 0.3) is 5.91 Å². The number of phenols is 1. The molecule has 0 aliphatic heterocycles. The predicted octanol–water partition coefficient (Wildman–Crippen LogP) is 4.74. The van der Waals surface area contributed by atoms with Crippen LogP contribution in [-0.2, 0) is 20.2 Å². The molecule has 0 atom stereocenters. The molecule has 35 heavy (non-hydrogen) atoms. The maximum atomic E-state index is 13.4. The summed E-state index contributed by atoms with van der Waals surface area (Å²) in [5.74, 6) is -1.55. The number of halogens is 1. The molecule has 0 fully saturated rings. The van der Waals surface area contributed by atoms with E-state index in [4.69, 9.17) is 9.05 Å². The van der Waals surface area contributed by atoms with Crippen LogP contribution in [0.3, 0.4) is 0 Å². The van der Waals surface area contributed by atoms with Gasteiger partial charge >= 0.3 is 7.60 Å². The van der Waals surface area contributed by atoms with Crippen molar-refractivity contribution in [3.8, 4) is 11.6 Å². The lowest BCUT2D eigenvalue weighted by Crippen LogP contribution is -2.26. The maximum absolute atomic E-state index is 13.4. The van der Waals surface area contributed by atoms with Gasteiger partial charge in [0.05, 0.1) is 30.7 Å². The van der Waals surface area contributed by atoms with E-state index in [1.807, 2.05) is 0 Å². The second-order valence-electron chi connectivity index (χ2n) is 7.73. The van der Waals surface area contributed by atoms with E-state index in [-0.39, 0.29) is 65.3 Å². The third-order valence-corrected chi connectivity index (χ3v) is 7.28. The van der Waals surface area contributed by atoms with Crippen LogP contribution in [0.2, 0.25) is 0 Å². The van der Waals surface area contributed by atoms with Crippen LogP contribution in [0.1, 0.15) is 29.8 Å². The van der Waals surface area contributed by atoms with E-state index >= 15 is 0 Å². The topological polar surface area (TPSA) is 123 Å². The third kappa shape index (κ3) is 4.86. The van der Waals surface area contributed by atoms with Crippen LogP contribution in [-0.4, -0.2) is 45.2 Å².